The molecule has 1 aliphatic carbocycles. The minimum absolute atomic E-state index is 0.376. The Morgan fingerprint density at radius 3 is 2.63 bits per heavy atom. The number of hydrogen-bond donors (Lipinski definition) is 2. The van der Waals surface area contributed by atoms with Crippen molar-refractivity contribution >= 4 is 11.8 Å². The number of carboxylic acid groups (broad SMARTS) is 1. The first-order chi connectivity index (χ1) is 18.6. The SMILES string of the molecule is O=C(O)[C@H](CCN(CCCF)CCCCc1ccc2c(n1)CCCC2)Nc1cc(-c2ccccc2)ncn1. The zero-order valence-corrected chi connectivity index (χ0v) is 22.0. The summed E-state index contributed by atoms with van der Waals surface area (Å²) in [6, 6.07) is 15.1. The van der Waals surface area contributed by atoms with Crippen LogP contribution in [0.25, 0.3) is 11.3 Å². The molecular weight excluding hydrogens is 481 g/mol. The molecule has 0 saturated carbocycles. The second kappa shape index (κ2) is 14.5. The first kappa shape index (κ1) is 27.6. The quantitative estimate of drug-likeness (QED) is 0.261. The summed E-state index contributed by atoms with van der Waals surface area (Å²) in [6.07, 6.45) is 9.88. The van der Waals surface area contributed by atoms with Gasteiger partial charge >= 0.3 is 5.97 Å². The molecule has 2 heterocycles. The average molecular weight is 520 g/mol. The number of aromatic nitrogens is 3. The van der Waals surface area contributed by atoms with Gasteiger partial charge in [0.15, 0.2) is 0 Å². The van der Waals surface area contributed by atoms with E-state index >= 15 is 0 Å². The number of anilines is 1. The lowest BCUT2D eigenvalue weighted by Gasteiger charge is -2.24. The van der Waals surface area contributed by atoms with Crippen molar-refractivity contribution in [2.75, 3.05) is 31.6 Å². The van der Waals surface area contributed by atoms with Gasteiger partial charge in [-0.1, -0.05) is 36.4 Å². The monoisotopic (exact) mass is 519 g/mol. The van der Waals surface area contributed by atoms with Crippen molar-refractivity contribution in [3.05, 3.63) is 71.8 Å². The van der Waals surface area contributed by atoms with Gasteiger partial charge in [-0.25, -0.2) is 14.8 Å². The van der Waals surface area contributed by atoms with E-state index in [1.807, 2.05) is 30.3 Å². The van der Waals surface area contributed by atoms with Crippen LogP contribution in [0.1, 0.15) is 55.5 Å². The molecule has 8 heteroatoms. The third-order valence-corrected chi connectivity index (χ3v) is 7.09. The summed E-state index contributed by atoms with van der Waals surface area (Å²) >= 11 is 0. The number of aliphatic carboxylic acids is 1. The Morgan fingerprint density at radius 2 is 1.82 bits per heavy atom. The number of aryl methyl sites for hydroxylation is 3. The van der Waals surface area contributed by atoms with E-state index < -0.39 is 12.0 Å². The molecule has 0 fully saturated rings. The first-order valence-electron chi connectivity index (χ1n) is 13.7. The maximum Gasteiger partial charge on any atom is 0.326 e. The number of carbonyl (C=O) groups is 1. The standard InChI is InChI=1S/C30H38FN5O2/c31-17-8-19-36(18-7-6-12-25-15-14-24-11-4-5-13-26(24)34-25)20-16-27(30(37)38)35-29-21-28(32-22-33-29)23-9-2-1-3-10-23/h1-3,9-10,14-15,21-22,27H,4-8,11-13,16-20H2,(H,37,38)(H,32,33,35)/t27-/m0/s1. The molecule has 0 amide bonds. The van der Waals surface area contributed by atoms with E-state index in [9.17, 15) is 14.3 Å². The van der Waals surface area contributed by atoms with E-state index in [4.69, 9.17) is 4.98 Å². The van der Waals surface area contributed by atoms with Crippen LogP contribution in [-0.4, -0.2) is 63.3 Å². The highest BCUT2D eigenvalue weighted by atomic mass is 19.1. The molecule has 1 aliphatic rings. The molecule has 0 aliphatic heterocycles. The smallest absolute Gasteiger partial charge is 0.326 e. The van der Waals surface area contributed by atoms with Gasteiger partial charge in [0.2, 0.25) is 0 Å². The van der Waals surface area contributed by atoms with E-state index in [1.165, 1.54) is 30.4 Å². The van der Waals surface area contributed by atoms with E-state index in [-0.39, 0.29) is 6.67 Å². The Balaban J connectivity index is 1.28. The highest BCUT2D eigenvalue weighted by molar-refractivity contribution is 5.77. The zero-order valence-electron chi connectivity index (χ0n) is 22.0. The summed E-state index contributed by atoms with van der Waals surface area (Å²) in [5.41, 5.74) is 5.48. The minimum Gasteiger partial charge on any atom is -0.480 e. The van der Waals surface area contributed by atoms with E-state index in [1.54, 1.807) is 6.07 Å². The number of halogens is 1. The fourth-order valence-corrected chi connectivity index (χ4v) is 4.98. The maximum atomic E-state index is 12.9. The van der Waals surface area contributed by atoms with Gasteiger partial charge in [-0.2, -0.15) is 0 Å². The third kappa shape index (κ3) is 8.31. The number of pyridine rings is 1. The minimum atomic E-state index is -0.936. The Labute approximate surface area is 224 Å². The van der Waals surface area contributed by atoms with Crippen LogP contribution in [-0.2, 0) is 24.1 Å². The normalized spacial score (nSPS) is 13.7. The molecule has 4 rings (SSSR count). The van der Waals surface area contributed by atoms with Gasteiger partial charge in [-0.15, -0.1) is 0 Å². The van der Waals surface area contributed by atoms with Crippen LogP contribution < -0.4 is 5.32 Å². The summed E-state index contributed by atoms with van der Waals surface area (Å²) < 4.78 is 12.9. The molecule has 0 spiro atoms. The van der Waals surface area contributed by atoms with Crippen LogP contribution in [0.4, 0.5) is 10.2 Å². The molecule has 1 atom stereocenters. The van der Waals surface area contributed by atoms with Gasteiger partial charge in [0.1, 0.15) is 18.2 Å². The van der Waals surface area contributed by atoms with Crippen LogP contribution in [0.2, 0.25) is 0 Å². The lowest BCUT2D eigenvalue weighted by atomic mass is 9.95. The summed E-state index contributed by atoms with van der Waals surface area (Å²) in [4.78, 5) is 27.6. The molecule has 3 aromatic rings. The van der Waals surface area contributed by atoms with Crippen molar-refractivity contribution < 1.29 is 14.3 Å². The Kier molecular flexibility index (Phi) is 10.6. The van der Waals surface area contributed by atoms with Gasteiger partial charge in [0.05, 0.1) is 12.4 Å². The van der Waals surface area contributed by atoms with Crippen LogP contribution in [0.5, 0.6) is 0 Å². The molecule has 202 valence electrons. The molecule has 2 N–H and O–H groups in total. The summed E-state index contributed by atoms with van der Waals surface area (Å²) in [5.74, 6) is -0.465. The molecule has 0 radical (unpaired) electrons. The fraction of sp³-hybridized carbons (Fsp3) is 0.467. The van der Waals surface area contributed by atoms with Crippen LogP contribution >= 0.6 is 0 Å². The number of carboxylic acids is 1. The van der Waals surface area contributed by atoms with Crippen molar-refractivity contribution in [1.29, 1.82) is 0 Å². The fourth-order valence-electron chi connectivity index (χ4n) is 4.98. The Hall–Kier alpha value is -3.39. The van der Waals surface area contributed by atoms with Crippen molar-refractivity contribution in [2.45, 2.75) is 63.8 Å². The van der Waals surface area contributed by atoms with Crippen molar-refractivity contribution in [2.24, 2.45) is 0 Å². The van der Waals surface area contributed by atoms with Crippen molar-refractivity contribution in [1.82, 2.24) is 19.9 Å². The third-order valence-electron chi connectivity index (χ3n) is 7.09. The summed E-state index contributed by atoms with van der Waals surface area (Å²) in [6.45, 7) is 1.62. The van der Waals surface area contributed by atoms with E-state index in [2.05, 4.69) is 32.3 Å². The van der Waals surface area contributed by atoms with Crippen LogP contribution in [0.15, 0.2) is 54.9 Å². The molecule has 0 saturated heterocycles. The number of nitrogens with zero attached hydrogens (tertiary/aromatic N) is 4. The number of benzene rings is 1. The lowest BCUT2D eigenvalue weighted by Crippen LogP contribution is -2.36. The average Bonchev–Trinajstić information content (AvgIpc) is 2.96. The second-order valence-corrected chi connectivity index (χ2v) is 9.94. The van der Waals surface area contributed by atoms with Gasteiger partial charge < -0.3 is 15.3 Å². The highest BCUT2D eigenvalue weighted by Crippen LogP contribution is 2.21. The first-order valence-corrected chi connectivity index (χ1v) is 13.7. The molecule has 2 aromatic heterocycles. The van der Waals surface area contributed by atoms with Gasteiger partial charge in [-0.05, 0) is 76.0 Å². The zero-order chi connectivity index (χ0) is 26.6. The van der Waals surface area contributed by atoms with E-state index in [0.717, 1.165) is 55.6 Å². The van der Waals surface area contributed by atoms with Crippen molar-refractivity contribution in [3.63, 3.8) is 0 Å². The lowest BCUT2D eigenvalue weighted by molar-refractivity contribution is -0.138. The number of nitrogens with one attached hydrogen (secondary N) is 1. The topological polar surface area (TPSA) is 91.2 Å². The molecule has 38 heavy (non-hydrogen) atoms. The predicted octanol–water partition coefficient (Wildman–Crippen LogP) is 5.36. The Bertz CT molecular complexity index is 1160. The largest absolute Gasteiger partial charge is 0.480 e. The molecule has 0 unspecified atom stereocenters. The van der Waals surface area contributed by atoms with Crippen LogP contribution in [0, 0.1) is 0 Å². The van der Waals surface area contributed by atoms with Gasteiger partial charge in [-0.3, -0.25) is 9.37 Å². The van der Waals surface area contributed by atoms with Gasteiger partial charge in [0.25, 0.3) is 0 Å². The highest BCUT2D eigenvalue weighted by Gasteiger charge is 2.20. The number of fused-ring (bicyclic) bond motifs is 1. The van der Waals surface area contributed by atoms with Crippen LogP contribution in [0.3, 0.4) is 0 Å². The second-order valence-electron chi connectivity index (χ2n) is 9.94. The molecule has 1 aromatic carbocycles. The number of unbranched alkanes of at least 4 members (excludes halogenated alkanes) is 1. The van der Waals surface area contributed by atoms with Gasteiger partial charge in [0, 0.05) is 36.1 Å². The summed E-state index contributed by atoms with van der Waals surface area (Å²) in [5, 5.41) is 12.9. The maximum absolute atomic E-state index is 12.9. The molecule has 7 nitrogen and oxygen atoms in total. The molecule has 0 bridgehead atoms. The predicted molar refractivity (Wildman–Crippen MR) is 148 cm³/mol. The number of hydrogen-bond acceptors (Lipinski definition) is 6. The Morgan fingerprint density at radius 1 is 1.00 bits per heavy atom. The van der Waals surface area contributed by atoms with Crippen molar-refractivity contribution in [3.8, 4) is 11.3 Å². The summed E-state index contributed by atoms with van der Waals surface area (Å²) in [7, 11) is 0. The number of rotatable bonds is 15. The molecular formula is C30H38FN5O2. The number of alkyl halides is 1. The van der Waals surface area contributed by atoms with E-state index in [0.29, 0.717) is 31.7 Å².